The van der Waals surface area contributed by atoms with E-state index in [1.807, 2.05) is 23.6 Å². The fourth-order valence-corrected chi connectivity index (χ4v) is 2.98. The standard InChI is InChI=1S/C12H6Cl3N3S/c13-7-2-1-3-8(9(7)14)16-10-6-4-5-19-11(6)18-12(15)17-10/h1-5H,(H,16,17,18). The maximum Gasteiger partial charge on any atom is 0.225 e. The molecule has 3 rings (SSSR count). The Balaban J connectivity index is 2.10. The van der Waals surface area contributed by atoms with Gasteiger partial charge in [0, 0.05) is 0 Å². The summed E-state index contributed by atoms with van der Waals surface area (Å²) in [5.41, 5.74) is 0.677. The van der Waals surface area contributed by atoms with Crippen molar-refractivity contribution in [2.45, 2.75) is 0 Å². The van der Waals surface area contributed by atoms with E-state index in [1.54, 1.807) is 6.07 Å². The number of fused-ring (bicyclic) bond motifs is 1. The van der Waals surface area contributed by atoms with Crippen LogP contribution in [0.5, 0.6) is 0 Å². The fourth-order valence-electron chi connectivity index (χ4n) is 1.65. The summed E-state index contributed by atoms with van der Waals surface area (Å²) in [6, 6.07) is 7.28. The Hall–Kier alpha value is -1.07. The van der Waals surface area contributed by atoms with Crippen LogP contribution in [0.3, 0.4) is 0 Å². The van der Waals surface area contributed by atoms with Gasteiger partial charge in [0.2, 0.25) is 5.28 Å². The fraction of sp³-hybridized carbons (Fsp3) is 0. The summed E-state index contributed by atoms with van der Waals surface area (Å²) in [6.45, 7) is 0. The Labute approximate surface area is 128 Å². The van der Waals surface area contributed by atoms with Gasteiger partial charge in [0.15, 0.2) is 0 Å². The molecule has 0 saturated carbocycles. The van der Waals surface area contributed by atoms with Crippen LogP contribution < -0.4 is 5.32 Å². The minimum absolute atomic E-state index is 0.190. The van der Waals surface area contributed by atoms with Crippen molar-refractivity contribution in [2.24, 2.45) is 0 Å². The zero-order valence-corrected chi connectivity index (χ0v) is 12.4. The first-order valence-corrected chi connectivity index (χ1v) is 7.28. The molecule has 0 aliphatic rings. The summed E-state index contributed by atoms with van der Waals surface area (Å²) in [5, 5.41) is 7.08. The molecule has 19 heavy (non-hydrogen) atoms. The van der Waals surface area contributed by atoms with Gasteiger partial charge in [-0.3, -0.25) is 0 Å². The zero-order valence-electron chi connectivity index (χ0n) is 9.32. The summed E-state index contributed by atoms with van der Waals surface area (Å²) in [5.74, 6) is 0.611. The maximum absolute atomic E-state index is 6.14. The largest absolute Gasteiger partial charge is 0.338 e. The molecule has 0 atom stereocenters. The number of aromatic nitrogens is 2. The van der Waals surface area contributed by atoms with E-state index < -0.39 is 0 Å². The van der Waals surface area contributed by atoms with Gasteiger partial charge in [-0.15, -0.1) is 11.3 Å². The van der Waals surface area contributed by atoms with E-state index in [0.29, 0.717) is 21.6 Å². The highest BCUT2D eigenvalue weighted by atomic mass is 35.5. The molecule has 0 radical (unpaired) electrons. The number of nitrogens with one attached hydrogen (secondary N) is 1. The number of rotatable bonds is 2. The molecule has 0 saturated heterocycles. The molecule has 2 aromatic heterocycles. The van der Waals surface area contributed by atoms with Crippen LogP contribution in [0.4, 0.5) is 11.5 Å². The molecule has 96 valence electrons. The molecule has 0 bridgehead atoms. The van der Waals surface area contributed by atoms with Crippen molar-refractivity contribution in [3.05, 3.63) is 45.0 Å². The van der Waals surface area contributed by atoms with Crippen LogP contribution >= 0.6 is 46.1 Å². The molecular weight excluding hydrogens is 325 g/mol. The molecule has 1 N–H and O–H groups in total. The molecule has 3 nitrogen and oxygen atoms in total. The monoisotopic (exact) mass is 329 g/mol. The second-order valence-electron chi connectivity index (χ2n) is 3.71. The van der Waals surface area contributed by atoms with Gasteiger partial charge in [0.05, 0.1) is 21.1 Å². The van der Waals surface area contributed by atoms with Crippen LogP contribution in [0.15, 0.2) is 29.6 Å². The van der Waals surface area contributed by atoms with Crippen molar-refractivity contribution < 1.29 is 0 Å². The molecule has 1 aromatic carbocycles. The van der Waals surface area contributed by atoms with E-state index in [2.05, 4.69) is 15.3 Å². The first kappa shape index (κ1) is 12.9. The molecule has 3 aromatic rings. The van der Waals surface area contributed by atoms with Crippen LogP contribution in [0.1, 0.15) is 0 Å². The number of hydrogen-bond acceptors (Lipinski definition) is 4. The third-order valence-electron chi connectivity index (χ3n) is 2.50. The average Bonchev–Trinajstić information content (AvgIpc) is 2.83. The summed E-state index contributed by atoms with van der Waals surface area (Å²) < 4.78 is 0. The molecule has 0 aliphatic heterocycles. The maximum atomic E-state index is 6.14. The Morgan fingerprint density at radius 1 is 1.05 bits per heavy atom. The first-order valence-electron chi connectivity index (χ1n) is 5.27. The van der Waals surface area contributed by atoms with Crippen molar-refractivity contribution >= 4 is 67.9 Å². The van der Waals surface area contributed by atoms with Gasteiger partial charge in [-0.25, -0.2) is 4.98 Å². The van der Waals surface area contributed by atoms with Gasteiger partial charge in [-0.1, -0.05) is 29.3 Å². The van der Waals surface area contributed by atoms with Crippen LogP contribution in [-0.4, -0.2) is 9.97 Å². The lowest BCUT2D eigenvalue weighted by Crippen LogP contribution is -1.96. The van der Waals surface area contributed by atoms with Crippen molar-refractivity contribution in [1.29, 1.82) is 0 Å². The van der Waals surface area contributed by atoms with Crippen molar-refractivity contribution in [2.75, 3.05) is 5.32 Å². The van der Waals surface area contributed by atoms with Gasteiger partial charge in [0.1, 0.15) is 10.6 Å². The normalized spacial score (nSPS) is 10.9. The lowest BCUT2D eigenvalue weighted by atomic mass is 10.3. The minimum Gasteiger partial charge on any atom is -0.338 e. The van der Waals surface area contributed by atoms with E-state index >= 15 is 0 Å². The highest BCUT2D eigenvalue weighted by molar-refractivity contribution is 7.16. The third-order valence-corrected chi connectivity index (χ3v) is 4.30. The second kappa shape index (κ2) is 5.13. The molecule has 0 unspecified atom stereocenters. The van der Waals surface area contributed by atoms with E-state index in [4.69, 9.17) is 34.8 Å². The van der Waals surface area contributed by atoms with E-state index in [0.717, 1.165) is 10.2 Å². The number of nitrogens with zero attached hydrogens (tertiary/aromatic N) is 2. The molecule has 7 heteroatoms. The first-order chi connectivity index (χ1) is 9.15. The molecule has 2 heterocycles. The number of halogens is 3. The highest BCUT2D eigenvalue weighted by Gasteiger charge is 2.10. The number of anilines is 2. The van der Waals surface area contributed by atoms with Crippen molar-refractivity contribution in [1.82, 2.24) is 9.97 Å². The Kier molecular flexibility index (Phi) is 3.50. The van der Waals surface area contributed by atoms with Crippen LogP contribution in [-0.2, 0) is 0 Å². The van der Waals surface area contributed by atoms with Crippen LogP contribution in [0, 0.1) is 0 Å². The SMILES string of the molecule is Clc1nc(Nc2cccc(Cl)c2Cl)c2ccsc2n1. The van der Waals surface area contributed by atoms with Gasteiger partial charge >= 0.3 is 0 Å². The highest BCUT2D eigenvalue weighted by Crippen LogP contribution is 2.34. The summed E-state index contributed by atoms with van der Waals surface area (Å²) in [6.07, 6.45) is 0. The molecular formula is C12H6Cl3N3S. The average molecular weight is 331 g/mol. The smallest absolute Gasteiger partial charge is 0.225 e. The lowest BCUT2D eigenvalue weighted by molar-refractivity contribution is 1.23. The van der Waals surface area contributed by atoms with Crippen LogP contribution in [0.25, 0.3) is 10.2 Å². The predicted molar refractivity (Wildman–Crippen MR) is 82.2 cm³/mol. The van der Waals surface area contributed by atoms with Gasteiger partial charge in [-0.2, -0.15) is 4.98 Å². The number of hydrogen-bond donors (Lipinski definition) is 1. The minimum atomic E-state index is 0.190. The summed E-state index contributed by atoms with van der Waals surface area (Å²) >= 11 is 19.5. The molecule has 0 amide bonds. The number of benzene rings is 1. The second-order valence-corrected chi connectivity index (χ2v) is 5.72. The summed E-state index contributed by atoms with van der Waals surface area (Å²) in [7, 11) is 0. The van der Waals surface area contributed by atoms with Crippen molar-refractivity contribution in [3.8, 4) is 0 Å². The topological polar surface area (TPSA) is 37.8 Å². The zero-order chi connectivity index (χ0) is 13.4. The van der Waals surface area contributed by atoms with Gasteiger partial charge in [-0.05, 0) is 35.2 Å². The van der Waals surface area contributed by atoms with E-state index in [-0.39, 0.29) is 5.28 Å². The van der Waals surface area contributed by atoms with Crippen molar-refractivity contribution in [3.63, 3.8) is 0 Å². The number of thiophene rings is 1. The lowest BCUT2D eigenvalue weighted by Gasteiger charge is -2.09. The Morgan fingerprint density at radius 3 is 2.74 bits per heavy atom. The quantitative estimate of drug-likeness (QED) is 0.640. The Morgan fingerprint density at radius 2 is 1.89 bits per heavy atom. The van der Waals surface area contributed by atoms with Gasteiger partial charge < -0.3 is 5.32 Å². The van der Waals surface area contributed by atoms with E-state index in [9.17, 15) is 0 Å². The Bertz CT molecular complexity index is 757. The third kappa shape index (κ3) is 2.49. The molecule has 0 spiro atoms. The summed E-state index contributed by atoms with van der Waals surface area (Å²) in [4.78, 5) is 9.16. The van der Waals surface area contributed by atoms with Gasteiger partial charge in [0.25, 0.3) is 0 Å². The van der Waals surface area contributed by atoms with E-state index in [1.165, 1.54) is 11.3 Å². The van der Waals surface area contributed by atoms with Crippen LogP contribution in [0.2, 0.25) is 15.3 Å². The molecule has 0 aliphatic carbocycles. The molecule has 0 fully saturated rings. The predicted octanol–water partition coefficient (Wildman–Crippen LogP) is 5.40.